The zero-order valence-corrected chi connectivity index (χ0v) is 16.6. The van der Waals surface area contributed by atoms with Crippen LogP contribution in [0.5, 0.6) is 11.5 Å². The number of phenolic OH excluding ortho intramolecular Hbond substituents is 1. The number of nitrogens with one attached hydrogen (secondary N) is 2. The molecule has 3 rings (SSSR count). The lowest BCUT2D eigenvalue weighted by molar-refractivity contribution is -0.137. The number of rotatable bonds is 6. The van der Waals surface area contributed by atoms with E-state index >= 15 is 0 Å². The fourth-order valence-corrected chi connectivity index (χ4v) is 4.10. The number of aromatic hydroxyl groups is 1. The Labute approximate surface area is 163 Å². The maximum Gasteiger partial charge on any atom is 0.329 e. The lowest BCUT2D eigenvalue weighted by Gasteiger charge is -2.20. The molecule has 1 aromatic heterocycles. The molecule has 3 N–H and O–H groups in total. The third-order valence-corrected chi connectivity index (χ3v) is 5.89. The van der Waals surface area contributed by atoms with Gasteiger partial charge in [0.05, 0.1) is 4.90 Å². The van der Waals surface area contributed by atoms with Crippen molar-refractivity contribution in [2.24, 2.45) is 5.92 Å². The summed E-state index contributed by atoms with van der Waals surface area (Å²) in [6.07, 6.45) is 1.56. The molecule has 0 unspecified atom stereocenters. The Morgan fingerprint density at radius 1 is 1.18 bits per heavy atom. The zero-order valence-electron chi connectivity index (χ0n) is 15.8. The summed E-state index contributed by atoms with van der Waals surface area (Å²) < 4.78 is 33.2. The second-order valence-corrected chi connectivity index (χ2v) is 8.62. The van der Waals surface area contributed by atoms with E-state index in [2.05, 4.69) is 9.71 Å². The molecule has 0 amide bonds. The number of sulfonamides is 1. The van der Waals surface area contributed by atoms with Crippen LogP contribution in [0, 0.1) is 12.8 Å². The molecule has 8 heteroatoms. The number of aromatic amines is 1. The molecule has 0 saturated heterocycles. The molecule has 28 heavy (non-hydrogen) atoms. The van der Waals surface area contributed by atoms with Crippen molar-refractivity contribution in [3.05, 3.63) is 54.2 Å². The fourth-order valence-electron chi connectivity index (χ4n) is 2.75. The Bertz CT molecular complexity index is 1120. The van der Waals surface area contributed by atoms with Crippen LogP contribution in [0.15, 0.2) is 53.6 Å². The highest BCUT2D eigenvalue weighted by Gasteiger charge is 2.30. The summed E-state index contributed by atoms with van der Waals surface area (Å²) in [5.41, 5.74) is 1.36. The van der Waals surface area contributed by atoms with Crippen LogP contribution in [-0.4, -0.2) is 30.5 Å². The van der Waals surface area contributed by atoms with Gasteiger partial charge in [-0.15, -0.1) is 0 Å². The Morgan fingerprint density at radius 2 is 1.89 bits per heavy atom. The average molecular weight is 402 g/mol. The number of para-hydroxylation sites is 1. The predicted octanol–water partition coefficient (Wildman–Crippen LogP) is 3.09. The molecule has 1 heterocycles. The van der Waals surface area contributed by atoms with Gasteiger partial charge in [0.25, 0.3) is 0 Å². The van der Waals surface area contributed by atoms with Gasteiger partial charge in [0.2, 0.25) is 10.0 Å². The van der Waals surface area contributed by atoms with Crippen LogP contribution in [-0.2, 0) is 14.8 Å². The SMILES string of the molecule is Cc1ccc(S(=O)(=O)N[C@H](C(=O)Oc2c[nH]c3ccccc23)C(C)C)cc1O. The van der Waals surface area contributed by atoms with Crippen molar-refractivity contribution in [2.45, 2.75) is 31.7 Å². The monoisotopic (exact) mass is 402 g/mol. The first-order valence-electron chi connectivity index (χ1n) is 8.79. The number of carbonyl (C=O) groups excluding carboxylic acids is 1. The summed E-state index contributed by atoms with van der Waals surface area (Å²) in [6, 6.07) is 10.3. The summed E-state index contributed by atoms with van der Waals surface area (Å²) in [7, 11) is -4.03. The normalized spacial score (nSPS) is 13.0. The van der Waals surface area contributed by atoms with E-state index in [9.17, 15) is 18.3 Å². The molecule has 0 saturated carbocycles. The third-order valence-electron chi connectivity index (χ3n) is 4.46. The first-order valence-corrected chi connectivity index (χ1v) is 10.3. The maximum absolute atomic E-state index is 12.7. The minimum atomic E-state index is -4.03. The first kappa shape index (κ1) is 19.9. The van der Waals surface area contributed by atoms with E-state index in [4.69, 9.17) is 4.74 Å². The third kappa shape index (κ3) is 4.02. The molecule has 3 aromatic rings. The van der Waals surface area contributed by atoms with E-state index in [0.29, 0.717) is 11.3 Å². The fraction of sp³-hybridized carbons (Fsp3) is 0.250. The van der Waals surface area contributed by atoms with Gasteiger partial charge in [-0.05, 0) is 36.6 Å². The van der Waals surface area contributed by atoms with Gasteiger partial charge < -0.3 is 14.8 Å². The summed E-state index contributed by atoms with van der Waals surface area (Å²) in [5, 5.41) is 10.5. The van der Waals surface area contributed by atoms with Crippen LogP contribution in [0.25, 0.3) is 10.9 Å². The van der Waals surface area contributed by atoms with Crippen molar-refractivity contribution in [3.63, 3.8) is 0 Å². The lowest BCUT2D eigenvalue weighted by atomic mass is 10.1. The number of carbonyl (C=O) groups is 1. The molecule has 0 aliphatic heterocycles. The number of fused-ring (bicyclic) bond motifs is 1. The second-order valence-electron chi connectivity index (χ2n) is 6.91. The van der Waals surface area contributed by atoms with Crippen molar-refractivity contribution in [2.75, 3.05) is 0 Å². The van der Waals surface area contributed by atoms with Gasteiger partial charge in [0.1, 0.15) is 11.8 Å². The van der Waals surface area contributed by atoms with Crippen molar-refractivity contribution in [1.82, 2.24) is 9.71 Å². The molecule has 0 aliphatic carbocycles. The van der Waals surface area contributed by atoms with Gasteiger partial charge in [-0.3, -0.25) is 0 Å². The Hall–Kier alpha value is -2.84. The van der Waals surface area contributed by atoms with E-state index in [0.717, 1.165) is 17.0 Å². The molecule has 0 spiro atoms. The quantitative estimate of drug-likeness (QED) is 0.549. The Morgan fingerprint density at radius 3 is 2.57 bits per heavy atom. The van der Waals surface area contributed by atoms with Crippen molar-refractivity contribution in [3.8, 4) is 11.5 Å². The molecule has 0 fully saturated rings. The standard InChI is InChI=1S/C20H22N2O5S/c1-12(2)19(22-28(25,26)14-9-8-13(3)17(23)10-14)20(24)27-18-11-21-16-7-5-4-6-15(16)18/h4-12,19,21-23H,1-3H3/t19-/m0/s1. The second kappa shape index (κ2) is 7.65. The number of esters is 1. The number of aromatic nitrogens is 1. The van der Waals surface area contributed by atoms with Crippen LogP contribution in [0.2, 0.25) is 0 Å². The summed E-state index contributed by atoms with van der Waals surface area (Å²) in [5.74, 6) is -0.866. The highest BCUT2D eigenvalue weighted by Crippen LogP contribution is 2.26. The van der Waals surface area contributed by atoms with E-state index in [1.807, 2.05) is 18.2 Å². The number of benzene rings is 2. The largest absolute Gasteiger partial charge is 0.508 e. The van der Waals surface area contributed by atoms with Crippen molar-refractivity contribution in [1.29, 1.82) is 0 Å². The van der Waals surface area contributed by atoms with Crippen LogP contribution >= 0.6 is 0 Å². The van der Waals surface area contributed by atoms with Crippen LogP contribution in [0.4, 0.5) is 0 Å². The van der Waals surface area contributed by atoms with Crippen LogP contribution < -0.4 is 9.46 Å². The molecule has 0 aliphatic rings. The van der Waals surface area contributed by atoms with E-state index in [1.54, 1.807) is 33.0 Å². The summed E-state index contributed by atoms with van der Waals surface area (Å²) in [6.45, 7) is 5.10. The molecule has 2 aromatic carbocycles. The topological polar surface area (TPSA) is 108 Å². The molecule has 0 bridgehead atoms. The van der Waals surface area contributed by atoms with Gasteiger partial charge in [-0.2, -0.15) is 4.72 Å². The van der Waals surface area contributed by atoms with Gasteiger partial charge >= 0.3 is 5.97 Å². The molecule has 7 nitrogen and oxygen atoms in total. The van der Waals surface area contributed by atoms with Crippen LogP contribution in [0.1, 0.15) is 19.4 Å². The highest BCUT2D eigenvalue weighted by atomic mass is 32.2. The number of phenols is 1. The predicted molar refractivity (Wildman–Crippen MR) is 106 cm³/mol. The van der Waals surface area contributed by atoms with Gasteiger partial charge in [0, 0.05) is 23.2 Å². The first-order chi connectivity index (χ1) is 13.2. The van der Waals surface area contributed by atoms with E-state index < -0.39 is 22.0 Å². The summed E-state index contributed by atoms with van der Waals surface area (Å²) >= 11 is 0. The Kier molecular flexibility index (Phi) is 5.44. The number of aryl methyl sites for hydroxylation is 1. The average Bonchev–Trinajstić information content (AvgIpc) is 3.04. The number of hydrogen-bond acceptors (Lipinski definition) is 5. The van der Waals surface area contributed by atoms with Gasteiger partial charge in [-0.25, -0.2) is 13.2 Å². The minimum Gasteiger partial charge on any atom is -0.508 e. The van der Waals surface area contributed by atoms with Crippen molar-refractivity contribution < 1.29 is 23.1 Å². The molecule has 0 radical (unpaired) electrons. The zero-order chi connectivity index (χ0) is 20.5. The summed E-state index contributed by atoms with van der Waals surface area (Å²) in [4.78, 5) is 15.6. The van der Waals surface area contributed by atoms with Crippen molar-refractivity contribution >= 4 is 26.9 Å². The van der Waals surface area contributed by atoms with E-state index in [-0.39, 0.29) is 16.6 Å². The minimum absolute atomic E-state index is 0.124. The molecular weight excluding hydrogens is 380 g/mol. The van der Waals surface area contributed by atoms with Gasteiger partial charge in [0.15, 0.2) is 5.75 Å². The number of hydrogen-bond donors (Lipinski definition) is 3. The van der Waals surface area contributed by atoms with Crippen LogP contribution in [0.3, 0.4) is 0 Å². The lowest BCUT2D eigenvalue weighted by Crippen LogP contribution is -2.46. The smallest absolute Gasteiger partial charge is 0.329 e. The van der Waals surface area contributed by atoms with E-state index in [1.165, 1.54) is 12.1 Å². The number of ether oxygens (including phenoxy) is 1. The van der Waals surface area contributed by atoms with Gasteiger partial charge in [-0.1, -0.05) is 32.0 Å². The highest BCUT2D eigenvalue weighted by molar-refractivity contribution is 7.89. The maximum atomic E-state index is 12.7. The molecule has 148 valence electrons. The molecular formula is C20H22N2O5S. The molecule has 1 atom stereocenters. The number of H-pyrrole nitrogens is 1. The Balaban J connectivity index is 1.84.